The molecule has 0 aliphatic rings. The van der Waals surface area contributed by atoms with Crippen molar-refractivity contribution in [1.82, 2.24) is 10.3 Å². The first-order valence-corrected chi connectivity index (χ1v) is 20.9. The first-order valence-electron chi connectivity index (χ1n) is 18.7. The highest BCUT2D eigenvalue weighted by molar-refractivity contribution is 14.1. The van der Waals surface area contributed by atoms with E-state index in [2.05, 4.69) is 38.1 Å². The Labute approximate surface area is 361 Å². The van der Waals surface area contributed by atoms with Crippen LogP contribution in [0.4, 0.5) is 0 Å². The van der Waals surface area contributed by atoms with Crippen LogP contribution in [0.3, 0.4) is 0 Å². The molecule has 0 aliphatic heterocycles. The van der Waals surface area contributed by atoms with Crippen LogP contribution in [0.15, 0.2) is 74.9 Å². The van der Waals surface area contributed by atoms with Crippen molar-refractivity contribution in [3.05, 3.63) is 102 Å². The van der Waals surface area contributed by atoms with Crippen molar-refractivity contribution in [3.63, 3.8) is 0 Å². The van der Waals surface area contributed by atoms with Crippen LogP contribution in [0.1, 0.15) is 131 Å². The summed E-state index contributed by atoms with van der Waals surface area (Å²) in [6.45, 7) is 13.2. The Kier molecular flexibility index (Phi) is 20.3. The Bertz CT molecular complexity index is 1830. The zero-order valence-corrected chi connectivity index (χ0v) is 37.7. The highest BCUT2D eigenvalue weighted by atomic mass is 127. The minimum atomic E-state index is -0.553. The molecule has 0 saturated carbocycles. The van der Waals surface area contributed by atoms with Gasteiger partial charge in [-0.15, -0.1) is 0 Å². The van der Waals surface area contributed by atoms with Gasteiger partial charge in [0, 0.05) is 25.0 Å². The molecule has 0 amide bonds. The van der Waals surface area contributed by atoms with Gasteiger partial charge < -0.3 is 33.2 Å². The van der Waals surface area contributed by atoms with Gasteiger partial charge in [0.05, 0.1) is 39.4 Å². The third-order valence-electron chi connectivity index (χ3n) is 7.97. The lowest BCUT2D eigenvalue weighted by atomic mass is 9.96. The molecule has 13 nitrogen and oxygen atoms in total. The van der Waals surface area contributed by atoms with Gasteiger partial charge in [0.15, 0.2) is 23.5 Å². The van der Waals surface area contributed by atoms with Gasteiger partial charge in [0.1, 0.15) is 16.9 Å². The van der Waals surface area contributed by atoms with E-state index < -0.39 is 11.2 Å². The number of benzene rings is 2. The van der Waals surface area contributed by atoms with Crippen molar-refractivity contribution in [2.75, 3.05) is 13.2 Å². The first kappa shape index (κ1) is 47.7. The molecule has 2 atom stereocenters. The van der Waals surface area contributed by atoms with Crippen molar-refractivity contribution in [1.29, 1.82) is 0 Å². The second-order valence-corrected chi connectivity index (χ2v) is 17.3. The summed E-state index contributed by atoms with van der Waals surface area (Å²) in [5.41, 5.74) is 1.82. The van der Waals surface area contributed by atoms with E-state index in [0.717, 1.165) is 27.5 Å². The highest BCUT2D eigenvalue weighted by Crippen LogP contribution is 2.33. The maximum Gasteiger partial charge on any atom is 0.307 e. The molecule has 2 aromatic carbocycles. The lowest BCUT2D eigenvalue weighted by molar-refractivity contribution is -0.156. The summed E-state index contributed by atoms with van der Waals surface area (Å²) < 4.78 is 34.6. The molecular weight excluding hydrogens is 960 g/mol. The van der Waals surface area contributed by atoms with Crippen LogP contribution in [0.25, 0.3) is 0 Å². The third kappa shape index (κ3) is 18.2. The van der Waals surface area contributed by atoms with Gasteiger partial charge in [-0.1, -0.05) is 76.1 Å². The van der Waals surface area contributed by atoms with Gasteiger partial charge in [0.25, 0.3) is 0 Å². The zero-order valence-electron chi connectivity index (χ0n) is 33.4. The maximum absolute atomic E-state index is 12.4. The second kappa shape index (κ2) is 24.3. The molecular formula is C42H53I2N3O10. The van der Waals surface area contributed by atoms with E-state index in [4.69, 9.17) is 33.2 Å². The lowest BCUT2D eigenvalue weighted by Crippen LogP contribution is -2.25. The number of carbonyl (C=O) groups is 3. The maximum atomic E-state index is 12.4. The van der Waals surface area contributed by atoms with E-state index in [-0.39, 0.29) is 42.3 Å². The monoisotopic (exact) mass is 1010 g/mol. The molecule has 0 unspecified atom stereocenters. The molecule has 4 rings (SSSR count). The number of hydrogen-bond acceptors (Lipinski definition) is 13. The van der Waals surface area contributed by atoms with E-state index in [1.54, 1.807) is 0 Å². The summed E-state index contributed by atoms with van der Waals surface area (Å²) >= 11 is 4.12. The minimum absolute atomic E-state index is 0.166. The molecule has 15 heteroatoms. The summed E-state index contributed by atoms with van der Waals surface area (Å²) in [5.74, 6) is 0.125. The average molecular weight is 1010 g/mol. The molecule has 0 aliphatic carbocycles. The van der Waals surface area contributed by atoms with E-state index in [1.165, 1.54) is 6.21 Å². The van der Waals surface area contributed by atoms with Crippen LogP contribution in [0, 0.1) is 7.14 Å². The normalized spacial score (nSPS) is 12.8. The number of esters is 2. The smallest absolute Gasteiger partial charge is 0.307 e. The van der Waals surface area contributed by atoms with Gasteiger partial charge in [-0.05, 0) is 124 Å². The van der Waals surface area contributed by atoms with Crippen LogP contribution >= 0.6 is 45.2 Å². The van der Waals surface area contributed by atoms with E-state index in [9.17, 15) is 14.4 Å². The van der Waals surface area contributed by atoms with Gasteiger partial charge >= 0.3 is 11.9 Å². The molecule has 4 aromatic rings. The van der Waals surface area contributed by atoms with Crippen molar-refractivity contribution >= 4 is 69.6 Å². The largest absolute Gasteiger partial charge is 0.460 e. The first-order chi connectivity index (χ1) is 27.1. The SMILES string of the molecule is CC(C)(C)OC(=O)C[C@H](CCCOCc1ccccc1)c1onc(/C=N/O)c1I.CC(C)(C)OC(=O)C[C@H](CCCOCc1ccccc1)c1onc(C=O)c1I. The van der Waals surface area contributed by atoms with Crippen molar-refractivity contribution < 1.29 is 47.6 Å². The number of ether oxygens (including phenoxy) is 4. The molecule has 1 N–H and O–H groups in total. The third-order valence-corrected chi connectivity index (χ3v) is 10.1. The lowest BCUT2D eigenvalue weighted by Gasteiger charge is -2.21. The predicted octanol–water partition coefficient (Wildman–Crippen LogP) is 9.80. The van der Waals surface area contributed by atoms with Crippen molar-refractivity contribution in [3.8, 4) is 0 Å². The van der Waals surface area contributed by atoms with E-state index in [0.29, 0.717) is 66.3 Å². The Morgan fingerprint density at radius 1 is 0.719 bits per heavy atom. The number of oxime groups is 1. The number of nitrogens with zero attached hydrogens (tertiary/aromatic N) is 3. The van der Waals surface area contributed by atoms with Crippen LogP contribution in [-0.4, -0.2) is 64.4 Å². The fourth-order valence-corrected chi connectivity index (χ4v) is 7.08. The van der Waals surface area contributed by atoms with Gasteiger partial charge in [-0.3, -0.25) is 14.4 Å². The fourth-order valence-electron chi connectivity index (χ4n) is 5.54. The fraction of sp³-hybridized carbons (Fsp3) is 0.476. The summed E-state index contributed by atoms with van der Waals surface area (Å²) in [7, 11) is 0. The Balaban J connectivity index is 0.000000306. The Morgan fingerprint density at radius 2 is 1.12 bits per heavy atom. The Hall–Kier alpha value is -3.68. The summed E-state index contributed by atoms with van der Waals surface area (Å²) in [4.78, 5) is 35.8. The quantitative estimate of drug-likeness (QED) is 0.0169. The van der Waals surface area contributed by atoms with E-state index in [1.807, 2.05) is 125 Å². The predicted molar refractivity (Wildman–Crippen MR) is 230 cm³/mol. The topological polar surface area (TPSA) is 173 Å². The summed E-state index contributed by atoms with van der Waals surface area (Å²) in [6.07, 6.45) is 5.04. The number of aromatic nitrogens is 2. The van der Waals surface area contributed by atoms with Gasteiger partial charge in [-0.2, -0.15) is 0 Å². The van der Waals surface area contributed by atoms with Crippen LogP contribution in [-0.2, 0) is 41.8 Å². The highest BCUT2D eigenvalue weighted by Gasteiger charge is 2.29. The molecule has 310 valence electrons. The standard InChI is InChI=1S/C21H27IN2O5.C21H26INO5/c1-21(2,3)28-18(25)12-16(20-19(22)17(13-23-26)24-29-20)10-7-11-27-14-15-8-5-4-6-9-15;1-21(2,3)27-18(25)12-16(20-19(22)17(13-24)23-28-20)10-7-11-26-14-15-8-5-4-6-9-15/h4-6,8-9,13,16,26H,7,10-12,14H2,1-3H3;4-6,8-9,13,16H,7,10-12,14H2,1-3H3/b23-13+;/t2*16-/m00/s1. The van der Waals surface area contributed by atoms with Crippen molar-refractivity contribution in [2.45, 2.75) is 116 Å². The van der Waals surface area contributed by atoms with Gasteiger partial charge in [0.2, 0.25) is 0 Å². The molecule has 0 saturated heterocycles. The van der Waals surface area contributed by atoms with Crippen molar-refractivity contribution in [2.24, 2.45) is 5.16 Å². The number of carbonyl (C=O) groups excluding carboxylic acids is 3. The zero-order chi connectivity index (χ0) is 41.8. The molecule has 0 bridgehead atoms. The number of halogens is 2. The number of aldehydes is 1. The average Bonchev–Trinajstić information content (AvgIpc) is 3.71. The molecule has 57 heavy (non-hydrogen) atoms. The van der Waals surface area contributed by atoms with Crippen LogP contribution in [0.2, 0.25) is 0 Å². The molecule has 0 spiro atoms. The Morgan fingerprint density at radius 3 is 1.49 bits per heavy atom. The van der Waals surface area contributed by atoms with E-state index >= 15 is 0 Å². The van der Waals surface area contributed by atoms with Crippen LogP contribution < -0.4 is 0 Å². The summed E-state index contributed by atoms with van der Waals surface area (Å²) in [5, 5.41) is 19.5. The summed E-state index contributed by atoms with van der Waals surface area (Å²) in [6, 6.07) is 19.9. The molecule has 2 heterocycles. The van der Waals surface area contributed by atoms with Crippen LogP contribution in [0.5, 0.6) is 0 Å². The molecule has 0 fully saturated rings. The number of hydrogen-bond donors (Lipinski definition) is 1. The number of rotatable bonds is 20. The molecule has 2 aromatic heterocycles. The second-order valence-electron chi connectivity index (χ2n) is 15.2. The molecule has 0 radical (unpaired) electrons. The van der Waals surface area contributed by atoms with Gasteiger partial charge in [-0.25, -0.2) is 0 Å². The minimum Gasteiger partial charge on any atom is -0.460 e.